The van der Waals surface area contributed by atoms with Gasteiger partial charge in [-0.2, -0.15) is 0 Å². The van der Waals surface area contributed by atoms with E-state index in [1.165, 1.54) is 0 Å². The molecule has 0 heterocycles. The molecule has 0 bridgehead atoms. The van der Waals surface area contributed by atoms with Crippen LogP contribution in [0.5, 0.6) is 0 Å². The van der Waals surface area contributed by atoms with Crippen LogP contribution in [0.15, 0.2) is 0 Å². The lowest BCUT2D eigenvalue weighted by atomic mass is 11.2. The molecule has 0 saturated carbocycles. The van der Waals surface area contributed by atoms with Crippen molar-refractivity contribution in [2.45, 2.75) is 0 Å². The van der Waals surface area contributed by atoms with Gasteiger partial charge in [-0.1, -0.05) is 0 Å². The summed E-state index contributed by atoms with van der Waals surface area (Å²) in [6.07, 6.45) is 0. The monoisotopic (exact) mass is 399 g/mol. The summed E-state index contributed by atoms with van der Waals surface area (Å²) in [6, 6.07) is 0. The third kappa shape index (κ3) is 4.28. The van der Waals surface area contributed by atoms with Gasteiger partial charge in [0.25, 0.3) is 0 Å². The summed E-state index contributed by atoms with van der Waals surface area (Å²) in [5.41, 5.74) is 0. The van der Waals surface area contributed by atoms with Crippen LogP contribution in [0.3, 0.4) is 0 Å². The molecule has 0 aromatic carbocycles. The highest BCUT2D eigenvalue weighted by molar-refractivity contribution is 8.17. The van der Waals surface area contributed by atoms with Gasteiger partial charge in [0.15, 0.2) is 0 Å². The molecule has 0 aromatic rings. The Hall–Kier alpha value is 1.40. The molecular formula is C11H30Cl3N5P2. The van der Waals surface area contributed by atoms with Crippen molar-refractivity contribution in [1.29, 1.82) is 0 Å². The van der Waals surface area contributed by atoms with Crippen molar-refractivity contribution in [3.8, 4) is 0 Å². The zero-order chi connectivity index (χ0) is 16.5. The van der Waals surface area contributed by atoms with Crippen molar-refractivity contribution in [3.63, 3.8) is 0 Å². The van der Waals surface area contributed by atoms with E-state index < -0.39 is 14.3 Å². The van der Waals surface area contributed by atoms with Gasteiger partial charge in [0.05, 0.1) is 0 Å². The molecule has 5 nitrogen and oxygen atoms in total. The molecule has 10 heteroatoms. The molecule has 0 amide bonds. The maximum Gasteiger partial charge on any atom is 0.302 e. The largest absolute Gasteiger partial charge is 1.00 e. The second-order valence-electron chi connectivity index (χ2n) is 5.60. The predicted octanol–water partition coefficient (Wildman–Crippen LogP) is -0.111. The molecule has 0 aliphatic carbocycles. The van der Waals surface area contributed by atoms with E-state index >= 15 is 0 Å². The van der Waals surface area contributed by atoms with Crippen LogP contribution < -0.4 is 12.4 Å². The third-order valence-corrected chi connectivity index (χ3v) is 15.6. The van der Waals surface area contributed by atoms with Crippen LogP contribution >= 0.6 is 37.1 Å². The summed E-state index contributed by atoms with van der Waals surface area (Å²) < 4.78 is 11.5. The fourth-order valence-electron chi connectivity index (χ4n) is 2.43. The van der Waals surface area contributed by atoms with Crippen LogP contribution in [0.25, 0.3) is 0 Å². The Kier molecular flexibility index (Phi) is 10.6. The average molecular weight is 401 g/mol. The van der Waals surface area contributed by atoms with Gasteiger partial charge >= 0.3 is 6.92 Å². The molecule has 0 aliphatic rings. The number of halogens is 3. The molecular weight excluding hydrogens is 370 g/mol. The fourth-order valence-corrected chi connectivity index (χ4v) is 14.2. The van der Waals surface area contributed by atoms with E-state index in [9.17, 15) is 0 Å². The van der Waals surface area contributed by atoms with Gasteiger partial charge in [0, 0.05) is 28.2 Å². The topological polar surface area (TPSA) is 16.2 Å². The Bertz CT molecular complexity index is 350. The first-order chi connectivity index (χ1) is 8.87. The smallest absolute Gasteiger partial charge is 0.302 e. The number of hydrogen-bond acceptors (Lipinski definition) is 5. The standard InChI is InChI=1S/C11H30Cl2N5P2.ClH/c1-14(2)19(13,15(3)4)11(12)20(16(5)6,17(7)8)18(9)10;/h1-10H3;1H/q+1;/p-1. The van der Waals surface area contributed by atoms with E-state index in [0.717, 1.165) is 4.49 Å². The third-order valence-electron chi connectivity index (χ3n) is 3.22. The maximum atomic E-state index is 7.02. The maximum absolute atomic E-state index is 7.02. The van der Waals surface area contributed by atoms with Gasteiger partial charge in [-0.05, 0) is 53.9 Å². The van der Waals surface area contributed by atoms with Crippen molar-refractivity contribution in [1.82, 2.24) is 23.4 Å². The highest BCUT2D eigenvalue weighted by Crippen LogP contribution is 2.76. The first-order valence-corrected chi connectivity index (χ1v) is 10.9. The molecule has 0 fully saturated rings. The summed E-state index contributed by atoms with van der Waals surface area (Å²) in [5, 5.41) is 0. The van der Waals surface area contributed by atoms with Crippen molar-refractivity contribution in [2.75, 3.05) is 70.5 Å². The minimum Gasteiger partial charge on any atom is -1.00 e. The lowest BCUT2D eigenvalue weighted by Gasteiger charge is -2.44. The van der Waals surface area contributed by atoms with Gasteiger partial charge in [0.2, 0.25) is 4.49 Å². The molecule has 0 rings (SSSR count). The molecule has 0 atom stereocenters. The summed E-state index contributed by atoms with van der Waals surface area (Å²) in [7, 11) is 18.3. The lowest BCUT2D eigenvalue weighted by molar-refractivity contribution is -0.00000445. The number of hydrogen-bond donors (Lipinski definition) is 0. The molecule has 0 N–H and O–H groups in total. The van der Waals surface area contributed by atoms with Gasteiger partial charge in [-0.25, -0.2) is 0 Å². The Morgan fingerprint density at radius 3 is 1.10 bits per heavy atom. The van der Waals surface area contributed by atoms with Crippen molar-refractivity contribution >= 4 is 41.6 Å². The number of rotatable bonds is 6. The summed E-state index contributed by atoms with van der Waals surface area (Å²) in [6.45, 7) is -2.24. The van der Waals surface area contributed by atoms with Gasteiger partial charge in [-0.3, -0.25) is 14.0 Å². The highest BCUT2D eigenvalue weighted by atomic mass is 35.7. The second-order valence-corrected chi connectivity index (χ2v) is 15.4. The van der Waals surface area contributed by atoms with E-state index in [0.29, 0.717) is 0 Å². The zero-order valence-electron chi connectivity index (χ0n) is 14.8. The molecule has 0 spiro atoms. The highest BCUT2D eigenvalue weighted by Gasteiger charge is 2.54. The number of nitrogens with zero attached hydrogens (tertiary/aromatic N) is 5. The van der Waals surface area contributed by atoms with Crippen LogP contribution in [-0.2, 0) is 0 Å². The quantitative estimate of drug-likeness (QED) is 0.577. The molecule has 130 valence electrons. The molecule has 0 saturated heterocycles. The van der Waals surface area contributed by atoms with Crippen LogP contribution in [-0.4, -0.2) is 98.3 Å². The summed E-state index contributed by atoms with van der Waals surface area (Å²) in [4.78, 5) is 0. The van der Waals surface area contributed by atoms with Gasteiger partial charge in [0.1, 0.15) is 18.6 Å². The van der Waals surface area contributed by atoms with Crippen LogP contribution in [0.1, 0.15) is 0 Å². The second kappa shape index (κ2) is 9.03. The van der Waals surface area contributed by atoms with E-state index in [1.807, 2.05) is 37.5 Å². The molecule has 21 heavy (non-hydrogen) atoms. The fraction of sp³-hybridized carbons (Fsp3) is 0.909. The van der Waals surface area contributed by atoms with Crippen LogP contribution in [0.4, 0.5) is 0 Å². The van der Waals surface area contributed by atoms with E-state index in [1.54, 1.807) is 0 Å². The Morgan fingerprint density at radius 2 is 0.952 bits per heavy atom. The van der Waals surface area contributed by atoms with Crippen molar-refractivity contribution < 1.29 is 12.4 Å². The molecule has 0 aliphatic heterocycles. The van der Waals surface area contributed by atoms with E-state index in [2.05, 4.69) is 56.3 Å². The minimum atomic E-state index is -2.24. The molecule has 0 unspecified atom stereocenters. The Balaban J connectivity index is 0. The average Bonchev–Trinajstić information content (AvgIpc) is 2.25. The van der Waals surface area contributed by atoms with E-state index in [4.69, 9.17) is 22.8 Å². The van der Waals surface area contributed by atoms with Crippen molar-refractivity contribution in [3.05, 3.63) is 0 Å². The Morgan fingerprint density at radius 1 is 0.714 bits per heavy atom. The SMILES string of the molecule is CN(C)P(=C(Cl)[P+](Cl)(N(C)C)N(C)C)(N(C)C)N(C)C.[Cl-]. The summed E-state index contributed by atoms with van der Waals surface area (Å²) in [5.74, 6) is 0. The van der Waals surface area contributed by atoms with Crippen LogP contribution in [0, 0.1) is 0 Å². The minimum absolute atomic E-state index is 0. The van der Waals surface area contributed by atoms with Gasteiger partial charge < -0.3 is 12.4 Å². The normalized spacial score (nSPS) is 13.6. The lowest BCUT2D eigenvalue weighted by Crippen LogP contribution is -3.00. The van der Waals surface area contributed by atoms with Gasteiger partial charge in [-0.15, -0.1) is 9.34 Å². The predicted molar refractivity (Wildman–Crippen MR) is 99.0 cm³/mol. The summed E-state index contributed by atoms with van der Waals surface area (Å²) >= 11 is 14.0. The Labute approximate surface area is 147 Å². The first-order valence-electron chi connectivity index (χ1n) is 6.28. The zero-order valence-corrected chi connectivity index (χ0v) is 18.8. The molecule has 0 radical (unpaired) electrons. The first kappa shape index (κ1) is 24.6. The van der Waals surface area contributed by atoms with E-state index in [-0.39, 0.29) is 12.4 Å². The van der Waals surface area contributed by atoms with Crippen molar-refractivity contribution in [2.24, 2.45) is 0 Å². The van der Waals surface area contributed by atoms with Crippen LogP contribution in [0.2, 0.25) is 0 Å². The molecule has 0 aromatic heterocycles.